The number of rotatable bonds is 2. The third-order valence-corrected chi connectivity index (χ3v) is 3.97. The van der Waals surface area contributed by atoms with Crippen molar-refractivity contribution in [2.45, 2.75) is 37.8 Å². The van der Waals surface area contributed by atoms with Gasteiger partial charge in [0.05, 0.1) is 7.11 Å². The van der Waals surface area contributed by atoms with Crippen molar-refractivity contribution in [3.8, 4) is 0 Å². The molecule has 2 aliphatic rings. The van der Waals surface area contributed by atoms with Gasteiger partial charge in [0.2, 0.25) is 0 Å². The molecule has 2 heterocycles. The molecular formula is C12H20N2O4. The van der Waals surface area contributed by atoms with Gasteiger partial charge in [-0.2, -0.15) is 0 Å². The molecule has 0 aromatic heterocycles. The molecule has 2 saturated heterocycles. The summed E-state index contributed by atoms with van der Waals surface area (Å²) in [4.78, 5) is 26.2. The second kappa shape index (κ2) is 5.56. The lowest BCUT2D eigenvalue weighted by atomic mass is 10.0. The van der Waals surface area contributed by atoms with Gasteiger partial charge in [-0.3, -0.25) is 9.69 Å². The Bertz CT molecular complexity index is 326. The first-order valence-electron chi connectivity index (χ1n) is 6.45. The summed E-state index contributed by atoms with van der Waals surface area (Å²) in [6, 6.07) is 0.184. The fourth-order valence-electron chi connectivity index (χ4n) is 3.00. The van der Waals surface area contributed by atoms with Gasteiger partial charge in [0.1, 0.15) is 6.04 Å². The zero-order valence-corrected chi connectivity index (χ0v) is 10.7. The van der Waals surface area contributed by atoms with E-state index in [0.717, 1.165) is 32.2 Å². The normalized spacial score (nSPS) is 26.3. The molecular weight excluding hydrogens is 236 g/mol. The highest BCUT2D eigenvalue weighted by atomic mass is 16.5. The third kappa shape index (κ3) is 2.58. The lowest BCUT2D eigenvalue weighted by molar-refractivity contribution is -0.147. The Morgan fingerprint density at radius 3 is 2.39 bits per heavy atom. The summed E-state index contributed by atoms with van der Waals surface area (Å²) in [6.07, 6.45) is 2.63. The molecule has 2 fully saturated rings. The van der Waals surface area contributed by atoms with E-state index in [1.54, 1.807) is 0 Å². The Morgan fingerprint density at radius 1 is 1.17 bits per heavy atom. The molecule has 1 N–H and O–H groups in total. The van der Waals surface area contributed by atoms with Gasteiger partial charge in [-0.15, -0.1) is 0 Å². The molecule has 0 unspecified atom stereocenters. The number of carbonyl (C=O) groups excluding carboxylic acids is 1. The van der Waals surface area contributed by atoms with E-state index in [9.17, 15) is 9.59 Å². The predicted octanol–water partition coefficient (Wildman–Crippen LogP) is 0.766. The van der Waals surface area contributed by atoms with Crippen LogP contribution in [-0.4, -0.2) is 65.8 Å². The Hall–Kier alpha value is -1.30. The fourth-order valence-corrected chi connectivity index (χ4v) is 3.00. The predicted molar refractivity (Wildman–Crippen MR) is 64.4 cm³/mol. The lowest BCUT2D eigenvalue weighted by Crippen LogP contribution is -2.50. The van der Waals surface area contributed by atoms with Crippen molar-refractivity contribution in [1.82, 2.24) is 9.80 Å². The van der Waals surface area contributed by atoms with E-state index in [1.165, 1.54) is 12.0 Å². The van der Waals surface area contributed by atoms with Crippen LogP contribution >= 0.6 is 0 Å². The number of carboxylic acid groups (broad SMARTS) is 1. The van der Waals surface area contributed by atoms with Crippen molar-refractivity contribution in [2.75, 3.05) is 26.7 Å². The average molecular weight is 256 g/mol. The maximum atomic E-state index is 11.7. The molecule has 2 rings (SSSR count). The van der Waals surface area contributed by atoms with Crippen LogP contribution in [0.5, 0.6) is 0 Å². The number of hydrogen-bond acceptors (Lipinski definition) is 4. The van der Waals surface area contributed by atoms with E-state index in [-0.39, 0.29) is 12.0 Å². The molecule has 0 aliphatic carbocycles. The van der Waals surface area contributed by atoms with Crippen LogP contribution < -0.4 is 0 Å². The first-order chi connectivity index (χ1) is 8.63. The molecule has 0 radical (unpaired) electrons. The molecule has 0 aromatic carbocycles. The van der Waals surface area contributed by atoms with Gasteiger partial charge in [-0.05, 0) is 32.2 Å². The van der Waals surface area contributed by atoms with Crippen molar-refractivity contribution < 1.29 is 19.4 Å². The minimum Gasteiger partial charge on any atom is -0.468 e. The molecule has 18 heavy (non-hydrogen) atoms. The van der Waals surface area contributed by atoms with Crippen LogP contribution in [0, 0.1) is 0 Å². The summed E-state index contributed by atoms with van der Waals surface area (Å²) in [5, 5.41) is 8.91. The van der Waals surface area contributed by atoms with Gasteiger partial charge < -0.3 is 14.7 Å². The molecule has 0 saturated carbocycles. The van der Waals surface area contributed by atoms with Crippen molar-refractivity contribution in [3.63, 3.8) is 0 Å². The second-order valence-corrected chi connectivity index (χ2v) is 4.92. The molecule has 6 nitrogen and oxygen atoms in total. The van der Waals surface area contributed by atoms with Crippen LogP contribution in [-0.2, 0) is 9.53 Å². The van der Waals surface area contributed by atoms with Gasteiger partial charge in [0.25, 0.3) is 0 Å². The van der Waals surface area contributed by atoms with Crippen molar-refractivity contribution in [1.29, 1.82) is 0 Å². The molecule has 6 heteroatoms. The Kier molecular flexibility index (Phi) is 4.06. The van der Waals surface area contributed by atoms with E-state index in [4.69, 9.17) is 9.84 Å². The van der Waals surface area contributed by atoms with Crippen molar-refractivity contribution in [2.24, 2.45) is 0 Å². The Labute approximate surface area is 106 Å². The maximum Gasteiger partial charge on any atom is 0.407 e. The molecule has 1 amide bonds. The van der Waals surface area contributed by atoms with Gasteiger partial charge in [-0.1, -0.05) is 0 Å². The minimum absolute atomic E-state index is 0.128. The smallest absolute Gasteiger partial charge is 0.407 e. The summed E-state index contributed by atoms with van der Waals surface area (Å²) in [6.45, 7) is 2.03. The van der Waals surface area contributed by atoms with Crippen LogP contribution in [0.15, 0.2) is 0 Å². The summed E-state index contributed by atoms with van der Waals surface area (Å²) in [5.74, 6) is -0.159. The standard InChI is InChI=1S/C12H20N2O4/c1-18-11(15)10-3-2-6-14(10)9-4-7-13(8-5-9)12(16)17/h9-10H,2-8H2,1H3,(H,16,17)/t10-/m1/s1. The minimum atomic E-state index is -0.848. The Balaban J connectivity index is 1.92. The highest BCUT2D eigenvalue weighted by Crippen LogP contribution is 2.26. The van der Waals surface area contributed by atoms with E-state index in [2.05, 4.69) is 4.90 Å². The summed E-state index contributed by atoms with van der Waals surface area (Å²) < 4.78 is 4.83. The number of carbonyl (C=O) groups is 2. The number of amides is 1. The molecule has 0 bridgehead atoms. The van der Waals surface area contributed by atoms with Gasteiger partial charge >= 0.3 is 12.1 Å². The number of nitrogens with zero attached hydrogens (tertiary/aromatic N) is 2. The summed E-state index contributed by atoms with van der Waals surface area (Å²) >= 11 is 0. The highest BCUT2D eigenvalue weighted by molar-refractivity contribution is 5.76. The topological polar surface area (TPSA) is 70.1 Å². The van der Waals surface area contributed by atoms with E-state index >= 15 is 0 Å². The number of piperidine rings is 1. The van der Waals surface area contributed by atoms with Gasteiger partial charge in [0, 0.05) is 19.1 Å². The Morgan fingerprint density at radius 2 is 1.83 bits per heavy atom. The monoisotopic (exact) mass is 256 g/mol. The molecule has 2 aliphatic heterocycles. The first kappa shape index (κ1) is 13.1. The van der Waals surface area contributed by atoms with Crippen LogP contribution in [0.1, 0.15) is 25.7 Å². The second-order valence-electron chi connectivity index (χ2n) is 4.92. The van der Waals surface area contributed by atoms with E-state index in [1.807, 2.05) is 0 Å². The summed E-state index contributed by atoms with van der Waals surface area (Å²) in [5.41, 5.74) is 0. The zero-order valence-electron chi connectivity index (χ0n) is 10.7. The molecule has 102 valence electrons. The van der Waals surface area contributed by atoms with Crippen LogP contribution in [0.3, 0.4) is 0 Å². The van der Waals surface area contributed by atoms with Crippen LogP contribution in [0.4, 0.5) is 4.79 Å². The number of hydrogen-bond donors (Lipinski definition) is 1. The number of likely N-dealkylation sites (tertiary alicyclic amines) is 2. The SMILES string of the molecule is COC(=O)[C@H]1CCCN1C1CCN(C(=O)O)CC1. The third-order valence-electron chi connectivity index (χ3n) is 3.97. The average Bonchev–Trinajstić information content (AvgIpc) is 2.87. The van der Waals surface area contributed by atoms with E-state index < -0.39 is 6.09 Å². The quantitative estimate of drug-likeness (QED) is 0.739. The fraction of sp³-hybridized carbons (Fsp3) is 0.833. The van der Waals surface area contributed by atoms with Crippen molar-refractivity contribution in [3.05, 3.63) is 0 Å². The van der Waals surface area contributed by atoms with Crippen molar-refractivity contribution >= 4 is 12.1 Å². The maximum absolute atomic E-state index is 11.7. The van der Waals surface area contributed by atoms with Crippen LogP contribution in [0.2, 0.25) is 0 Å². The van der Waals surface area contributed by atoms with Gasteiger partial charge in [0.15, 0.2) is 0 Å². The van der Waals surface area contributed by atoms with Crippen LogP contribution in [0.25, 0.3) is 0 Å². The zero-order chi connectivity index (χ0) is 13.1. The lowest BCUT2D eigenvalue weighted by Gasteiger charge is -2.37. The first-order valence-corrected chi connectivity index (χ1v) is 6.45. The number of ether oxygens (including phenoxy) is 1. The molecule has 0 spiro atoms. The van der Waals surface area contributed by atoms with Gasteiger partial charge in [-0.25, -0.2) is 4.79 Å². The molecule has 0 aromatic rings. The molecule has 1 atom stereocenters. The highest BCUT2D eigenvalue weighted by Gasteiger charge is 2.37. The number of methoxy groups -OCH3 is 1. The summed E-state index contributed by atoms with van der Waals surface area (Å²) in [7, 11) is 1.42. The number of esters is 1. The largest absolute Gasteiger partial charge is 0.468 e. The van der Waals surface area contributed by atoms with E-state index in [0.29, 0.717) is 19.1 Å².